The summed E-state index contributed by atoms with van der Waals surface area (Å²) in [6, 6.07) is 0. The average Bonchev–Trinajstić information content (AvgIpc) is 2.73. The molecule has 0 atom stereocenters. The summed E-state index contributed by atoms with van der Waals surface area (Å²) in [4.78, 5) is 4.40. The summed E-state index contributed by atoms with van der Waals surface area (Å²) < 4.78 is 2.21. The maximum atomic E-state index is 4.40. The zero-order valence-corrected chi connectivity index (χ0v) is 11.2. The van der Waals surface area contributed by atoms with Crippen LogP contribution in [0.4, 0.5) is 0 Å². The fourth-order valence-electron chi connectivity index (χ4n) is 1.54. The van der Waals surface area contributed by atoms with Crippen molar-refractivity contribution in [3.63, 3.8) is 0 Å². The molecule has 92 valence electrons. The van der Waals surface area contributed by atoms with Crippen LogP contribution < -0.4 is 5.32 Å². The van der Waals surface area contributed by atoms with E-state index in [1.165, 1.54) is 23.6 Å². The molecule has 1 N–H and O–H groups in total. The second-order valence-electron chi connectivity index (χ2n) is 3.76. The minimum absolute atomic E-state index is 1.03. The van der Waals surface area contributed by atoms with E-state index < -0.39 is 0 Å². The Morgan fingerprint density at radius 2 is 2.31 bits per heavy atom. The molecule has 0 saturated carbocycles. The first-order valence-corrected chi connectivity index (χ1v) is 7.31. The van der Waals surface area contributed by atoms with Gasteiger partial charge in [-0.1, -0.05) is 13.8 Å². The van der Waals surface area contributed by atoms with Crippen LogP contribution in [0.2, 0.25) is 0 Å². The van der Waals surface area contributed by atoms with Crippen molar-refractivity contribution in [2.45, 2.75) is 33.2 Å². The Morgan fingerprint density at radius 3 is 3.06 bits per heavy atom. The molecule has 16 heavy (non-hydrogen) atoms. The molecule has 0 spiro atoms. The lowest BCUT2D eigenvalue weighted by Crippen LogP contribution is -2.16. The van der Waals surface area contributed by atoms with Crippen LogP contribution in [0.15, 0.2) is 12.5 Å². The van der Waals surface area contributed by atoms with Crippen molar-refractivity contribution in [1.29, 1.82) is 0 Å². The number of aromatic nitrogens is 2. The number of hydrogen-bond acceptors (Lipinski definition) is 3. The number of hydrogen-bond donors (Lipinski definition) is 1. The van der Waals surface area contributed by atoms with Crippen LogP contribution >= 0.6 is 11.8 Å². The number of nitrogens with zero attached hydrogens (tertiary/aromatic N) is 2. The molecule has 1 aromatic heterocycles. The van der Waals surface area contributed by atoms with Crippen molar-refractivity contribution in [2.75, 3.05) is 24.6 Å². The highest BCUT2D eigenvalue weighted by Crippen LogP contribution is 2.04. The summed E-state index contributed by atoms with van der Waals surface area (Å²) >= 11 is 2.01. The second-order valence-corrected chi connectivity index (χ2v) is 5.15. The van der Waals surface area contributed by atoms with Gasteiger partial charge in [0.2, 0.25) is 0 Å². The molecular weight excluding hydrogens is 218 g/mol. The number of thioether (sulfide) groups is 1. The zero-order valence-electron chi connectivity index (χ0n) is 10.4. The standard InChI is InChI=1S/C12H23N3S/c1-3-13-7-6-12-10-15(11-14-12)8-5-9-16-4-2/h10-11,13H,3-9H2,1-2H3. The molecule has 0 aromatic carbocycles. The Hall–Kier alpha value is -0.480. The van der Waals surface area contributed by atoms with Crippen molar-refractivity contribution in [3.8, 4) is 0 Å². The van der Waals surface area contributed by atoms with Crippen LogP contribution in [0.5, 0.6) is 0 Å². The van der Waals surface area contributed by atoms with Gasteiger partial charge in [-0.3, -0.25) is 0 Å². The minimum Gasteiger partial charge on any atom is -0.337 e. The maximum absolute atomic E-state index is 4.40. The lowest BCUT2D eigenvalue weighted by atomic mass is 10.3. The fourth-order valence-corrected chi connectivity index (χ4v) is 2.17. The molecule has 0 aliphatic carbocycles. The first kappa shape index (κ1) is 13.6. The summed E-state index contributed by atoms with van der Waals surface area (Å²) in [5.74, 6) is 2.47. The predicted octanol–water partition coefficient (Wildman–Crippen LogP) is 2.18. The van der Waals surface area contributed by atoms with Gasteiger partial charge in [-0.25, -0.2) is 4.98 Å². The highest BCUT2D eigenvalue weighted by molar-refractivity contribution is 7.99. The fraction of sp³-hybridized carbons (Fsp3) is 0.750. The zero-order chi connectivity index (χ0) is 11.6. The van der Waals surface area contributed by atoms with E-state index in [1.807, 2.05) is 18.1 Å². The molecule has 4 heteroatoms. The normalized spacial score (nSPS) is 10.9. The molecule has 0 saturated heterocycles. The molecule has 0 aliphatic rings. The van der Waals surface area contributed by atoms with Gasteiger partial charge < -0.3 is 9.88 Å². The molecular formula is C12H23N3S. The Kier molecular flexibility index (Phi) is 7.34. The third-order valence-corrected chi connectivity index (χ3v) is 3.39. The Bertz CT molecular complexity index is 273. The molecule has 0 unspecified atom stereocenters. The summed E-state index contributed by atoms with van der Waals surface area (Å²) in [5.41, 5.74) is 1.20. The number of rotatable bonds is 9. The SMILES string of the molecule is CCNCCc1cn(CCCSCC)cn1. The monoisotopic (exact) mass is 241 g/mol. The van der Waals surface area contributed by atoms with Crippen LogP contribution in [0.25, 0.3) is 0 Å². The molecule has 1 rings (SSSR count). The lowest BCUT2D eigenvalue weighted by molar-refractivity contribution is 0.680. The summed E-state index contributed by atoms with van der Waals surface area (Å²) in [7, 11) is 0. The molecule has 0 aliphatic heterocycles. The molecule has 0 bridgehead atoms. The molecule has 3 nitrogen and oxygen atoms in total. The third-order valence-electron chi connectivity index (χ3n) is 2.40. The van der Waals surface area contributed by atoms with E-state index in [9.17, 15) is 0 Å². The number of likely N-dealkylation sites (N-methyl/N-ethyl adjacent to an activating group) is 1. The van der Waals surface area contributed by atoms with Crippen LogP contribution in [-0.2, 0) is 13.0 Å². The van der Waals surface area contributed by atoms with Gasteiger partial charge in [0, 0.05) is 25.7 Å². The number of imidazole rings is 1. The van der Waals surface area contributed by atoms with E-state index in [0.717, 1.165) is 26.1 Å². The van der Waals surface area contributed by atoms with Gasteiger partial charge in [-0.2, -0.15) is 11.8 Å². The van der Waals surface area contributed by atoms with E-state index >= 15 is 0 Å². The van der Waals surface area contributed by atoms with Gasteiger partial charge in [0.05, 0.1) is 12.0 Å². The quantitative estimate of drug-likeness (QED) is 0.672. The molecule has 1 heterocycles. The van der Waals surface area contributed by atoms with Gasteiger partial charge in [-0.05, 0) is 24.5 Å². The van der Waals surface area contributed by atoms with Crippen molar-refractivity contribution in [1.82, 2.24) is 14.9 Å². The Labute approximate surface area is 103 Å². The molecule has 0 amide bonds. The van der Waals surface area contributed by atoms with Crippen molar-refractivity contribution in [2.24, 2.45) is 0 Å². The molecule has 1 aromatic rings. The van der Waals surface area contributed by atoms with Crippen LogP contribution in [0.1, 0.15) is 26.0 Å². The Morgan fingerprint density at radius 1 is 1.44 bits per heavy atom. The maximum Gasteiger partial charge on any atom is 0.0949 e. The van der Waals surface area contributed by atoms with Crippen LogP contribution in [0.3, 0.4) is 0 Å². The highest BCUT2D eigenvalue weighted by Gasteiger charge is 1.98. The van der Waals surface area contributed by atoms with Crippen molar-refractivity contribution >= 4 is 11.8 Å². The summed E-state index contributed by atoms with van der Waals surface area (Å²) in [6.45, 7) is 7.50. The van der Waals surface area contributed by atoms with E-state index in [-0.39, 0.29) is 0 Å². The minimum atomic E-state index is 1.03. The van der Waals surface area contributed by atoms with E-state index in [2.05, 4.69) is 34.9 Å². The van der Waals surface area contributed by atoms with Crippen LogP contribution in [-0.4, -0.2) is 34.1 Å². The van der Waals surface area contributed by atoms with Gasteiger partial charge in [0.1, 0.15) is 0 Å². The van der Waals surface area contributed by atoms with Crippen LogP contribution in [0, 0.1) is 0 Å². The van der Waals surface area contributed by atoms with Gasteiger partial charge in [0.25, 0.3) is 0 Å². The van der Waals surface area contributed by atoms with Gasteiger partial charge in [-0.15, -0.1) is 0 Å². The van der Waals surface area contributed by atoms with Gasteiger partial charge in [0.15, 0.2) is 0 Å². The van der Waals surface area contributed by atoms with Gasteiger partial charge >= 0.3 is 0 Å². The molecule has 0 fully saturated rings. The first-order valence-electron chi connectivity index (χ1n) is 6.16. The second kappa shape index (κ2) is 8.65. The van der Waals surface area contributed by atoms with Crippen molar-refractivity contribution < 1.29 is 0 Å². The van der Waals surface area contributed by atoms with E-state index in [0.29, 0.717) is 0 Å². The Balaban J connectivity index is 2.17. The first-order chi connectivity index (χ1) is 7.86. The topological polar surface area (TPSA) is 29.9 Å². The number of nitrogens with one attached hydrogen (secondary N) is 1. The summed E-state index contributed by atoms with van der Waals surface area (Å²) in [6.07, 6.45) is 6.40. The van der Waals surface area contributed by atoms with Crippen molar-refractivity contribution in [3.05, 3.63) is 18.2 Å². The number of aryl methyl sites for hydroxylation is 1. The molecule has 0 radical (unpaired) electrons. The summed E-state index contributed by atoms with van der Waals surface area (Å²) in [5, 5.41) is 3.31. The predicted molar refractivity (Wildman–Crippen MR) is 72.1 cm³/mol. The lowest BCUT2D eigenvalue weighted by Gasteiger charge is -2.01. The van der Waals surface area contributed by atoms with E-state index in [4.69, 9.17) is 0 Å². The largest absolute Gasteiger partial charge is 0.337 e. The third kappa shape index (κ3) is 5.56. The average molecular weight is 241 g/mol. The highest BCUT2D eigenvalue weighted by atomic mass is 32.2. The van der Waals surface area contributed by atoms with E-state index in [1.54, 1.807) is 0 Å². The smallest absolute Gasteiger partial charge is 0.0949 e.